The zero-order valence-corrected chi connectivity index (χ0v) is 12.0. The number of primary amides is 1. The van der Waals surface area contributed by atoms with Crippen LogP contribution in [0.5, 0.6) is 0 Å². The zero-order chi connectivity index (χ0) is 13.8. The van der Waals surface area contributed by atoms with E-state index < -0.39 is 5.54 Å². The van der Waals surface area contributed by atoms with Gasteiger partial charge in [0.1, 0.15) is 0 Å². The summed E-state index contributed by atoms with van der Waals surface area (Å²) < 4.78 is 5.43. The molecule has 1 saturated heterocycles. The van der Waals surface area contributed by atoms with Gasteiger partial charge < -0.3 is 15.8 Å². The first-order chi connectivity index (χ1) is 8.42. The Bertz CT molecular complexity index is 285. The number of hydrogen-bond acceptors (Lipinski definition) is 4. The molecule has 1 amide bonds. The van der Waals surface area contributed by atoms with Crippen molar-refractivity contribution >= 4 is 5.91 Å². The van der Waals surface area contributed by atoms with Crippen molar-refractivity contribution in [2.75, 3.05) is 27.2 Å². The van der Waals surface area contributed by atoms with E-state index >= 15 is 0 Å². The Balaban J connectivity index is 2.58. The Morgan fingerprint density at radius 1 is 1.67 bits per heavy atom. The molecule has 5 heteroatoms. The molecule has 3 unspecified atom stereocenters. The summed E-state index contributed by atoms with van der Waals surface area (Å²) in [5.74, 6) is -0.294. The Kier molecular flexibility index (Phi) is 5.56. The highest BCUT2D eigenvalue weighted by Crippen LogP contribution is 2.20. The molecule has 0 aromatic heterocycles. The smallest absolute Gasteiger partial charge is 0.237 e. The Morgan fingerprint density at radius 3 is 2.83 bits per heavy atom. The van der Waals surface area contributed by atoms with Gasteiger partial charge in [0.2, 0.25) is 5.91 Å². The standard InChI is InChI=1S/C13H27N3O2/c1-10(8-13(2,15-3)12(14)17)16-7-5-6-11(9-16)18-4/h10-11,15H,5-9H2,1-4H3,(H2,14,17). The van der Waals surface area contributed by atoms with E-state index in [-0.39, 0.29) is 5.91 Å². The van der Waals surface area contributed by atoms with Crippen LogP contribution in [0.2, 0.25) is 0 Å². The second kappa shape index (κ2) is 6.50. The lowest BCUT2D eigenvalue weighted by Gasteiger charge is -2.39. The summed E-state index contributed by atoms with van der Waals surface area (Å²) in [5.41, 5.74) is 4.83. The van der Waals surface area contributed by atoms with E-state index in [4.69, 9.17) is 10.5 Å². The molecule has 0 saturated carbocycles. The number of ether oxygens (including phenoxy) is 1. The highest BCUT2D eigenvalue weighted by molar-refractivity contribution is 5.84. The van der Waals surface area contributed by atoms with Crippen molar-refractivity contribution in [1.29, 1.82) is 0 Å². The number of carbonyl (C=O) groups is 1. The molecule has 0 aliphatic carbocycles. The van der Waals surface area contributed by atoms with Crippen LogP contribution in [0.1, 0.15) is 33.1 Å². The lowest BCUT2D eigenvalue weighted by Crippen LogP contribution is -2.56. The summed E-state index contributed by atoms with van der Waals surface area (Å²) in [7, 11) is 3.55. The van der Waals surface area contributed by atoms with E-state index in [9.17, 15) is 4.79 Å². The molecule has 1 rings (SSSR count). The van der Waals surface area contributed by atoms with Crippen LogP contribution in [0.4, 0.5) is 0 Å². The highest BCUT2D eigenvalue weighted by atomic mass is 16.5. The van der Waals surface area contributed by atoms with Gasteiger partial charge in [-0.3, -0.25) is 9.69 Å². The van der Waals surface area contributed by atoms with Crippen molar-refractivity contribution in [3.05, 3.63) is 0 Å². The van der Waals surface area contributed by atoms with Crippen LogP contribution in [0, 0.1) is 0 Å². The fourth-order valence-corrected chi connectivity index (χ4v) is 2.60. The number of likely N-dealkylation sites (tertiary alicyclic amines) is 1. The molecule has 1 heterocycles. The molecule has 3 N–H and O–H groups in total. The van der Waals surface area contributed by atoms with Gasteiger partial charge in [0, 0.05) is 19.7 Å². The van der Waals surface area contributed by atoms with Crippen LogP contribution in [0.3, 0.4) is 0 Å². The van der Waals surface area contributed by atoms with E-state index in [0.717, 1.165) is 32.4 Å². The second-order valence-electron chi connectivity index (χ2n) is 5.49. The molecular formula is C13H27N3O2. The first-order valence-electron chi connectivity index (χ1n) is 6.68. The summed E-state index contributed by atoms with van der Waals surface area (Å²) in [4.78, 5) is 13.9. The van der Waals surface area contributed by atoms with Gasteiger partial charge in [0.15, 0.2) is 0 Å². The van der Waals surface area contributed by atoms with Crippen molar-refractivity contribution in [3.63, 3.8) is 0 Å². The molecule has 106 valence electrons. The number of nitrogens with one attached hydrogen (secondary N) is 1. The van der Waals surface area contributed by atoms with Gasteiger partial charge in [-0.2, -0.15) is 0 Å². The number of amides is 1. The van der Waals surface area contributed by atoms with Gasteiger partial charge in [-0.1, -0.05) is 0 Å². The normalized spacial score (nSPS) is 26.6. The van der Waals surface area contributed by atoms with Gasteiger partial charge in [-0.15, -0.1) is 0 Å². The highest BCUT2D eigenvalue weighted by Gasteiger charge is 2.34. The van der Waals surface area contributed by atoms with Gasteiger partial charge >= 0.3 is 0 Å². The monoisotopic (exact) mass is 257 g/mol. The van der Waals surface area contributed by atoms with Crippen LogP contribution in [0.25, 0.3) is 0 Å². The summed E-state index contributed by atoms with van der Waals surface area (Å²) in [6, 6.07) is 0.313. The van der Waals surface area contributed by atoms with Crippen molar-refractivity contribution in [2.24, 2.45) is 5.73 Å². The van der Waals surface area contributed by atoms with Crippen molar-refractivity contribution in [3.8, 4) is 0 Å². The third kappa shape index (κ3) is 3.67. The Labute approximate surface area is 110 Å². The minimum absolute atomic E-state index is 0.294. The maximum Gasteiger partial charge on any atom is 0.237 e. The van der Waals surface area contributed by atoms with E-state index in [0.29, 0.717) is 12.1 Å². The lowest BCUT2D eigenvalue weighted by molar-refractivity contribution is -0.124. The average molecular weight is 257 g/mol. The predicted octanol–water partition coefficient (Wildman–Crippen LogP) is 0.339. The molecule has 0 radical (unpaired) electrons. The summed E-state index contributed by atoms with van der Waals surface area (Å²) in [6.07, 6.45) is 3.31. The maximum absolute atomic E-state index is 11.5. The lowest BCUT2D eigenvalue weighted by atomic mass is 9.91. The number of rotatable bonds is 6. The molecule has 1 fully saturated rings. The third-order valence-corrected chi connectivity index (χ3v) is 4.17. The average Bonchev–Trinajstić information content (AvgIpc) is 2.38. The minimum atomic E-state index is -0.639. The molecule has 1 aliphatic rings. The minimum Gasteiger partial charge on any atom is -0.380 e. The van der Waals surface area contributed by atoms with Crippen LogP contribution in [-0.4, -0.2) is 55.7 Å². The number of methoxy groups -OCH3 is 1. The Hall–Kier alpha value is -0.650. The largest absolute Gasteiger partial charge is 0.380 e. The number of nitrogens with two attached hydrogens (primary N) is 1. The van der Waals surface area contributed by atoms with Crippen LogP contribution < -0.4 is 11.1 Å². The summed E-state index contributed by atoms with van der Waals surface area (Å²) in [5, 5.41) is 3.04. The van der Waals surface area contributed by atoms with Crippen LogP contribution in [-0.2, 0) is 9.53 Å². The maximum atomic E-state index is 11.5. The van der Waals surface area contributed by atoms with Gasteiger partial charge in [0.05, 0.1) is 11.6 Å². The first-order valence-corrected chi connectivity index (χ1v) is 6.68. The van der Waals surface area contributed by atoms with Crippen LogP contribution >= 0.6 is 0 Å². The van der Waals surface area contributed by atoms with E-state index in [1.54, 1.807) is 14.2 Å². The van der Waals surface area contributed by atoms with Crippen molar-refractivity contribution in [1.82, 2.24) is 10.2 Å². The van der Waals surface area contributed by atoms with Gasteiger partial charge in [0.25, 0.3) is 0 Å². The zero-order valence-electron chi connectivity index (χ0n) is 12.0. The van der Waals surface area contributed by atoms with Crippen LogP contribution in [0.15, 0.2) is 0 Å². The number of piperidine rings is 1. The third-order valence-electron chi connectivity index (χ3n) is 4.17. The molecule has 3 atom stereocenters. The van der Waals surface area contributed by atoms with E-state index in [1.165, 1.54) is 0 Å². The molecule has 0 aromatic carbocycles. The van der Waals surface area contributed by atoms with E-state index in [2.05, 4.69) is 17.1 Å². The molecular weight excluding hydrogens is 230 g/mol. The molecule has 0 bridgehead atoms. The van der Waals surface area contributed by atoms with E-state index in [1.807, 2.05) is 6.92 Å². The first kappa shape index (κ1) is 15.4. The summed E-state index contributed by atoms with van der Waals surface area (Å²) in [6.45, 7) is 6.02. The Morgan fingerprint density at radius 2 is 2.33 bits per heavy atom. The van der Waals surface area contributed by atoms with Crippen molar-refractivity contribution in [2.45, 2.75) is 50.8 Å². The number of carbonyl (C=O) groups excluding carboxylic acids is 1. The molecule has 5 nitrogen and oxygen atoms in total. The molecule has 0 aromatic rings. The molecule has 1 aliphatic heterocycles. The molecule has 18 heavy (non-hydrogen) atoms. The van der Waals surface area contributed by atoms with Gasteiger partial charge in [-0.25, -0.2) is 0 Å². The number of likely N-dealkylation sites (N-methyl/N-ethyl adjacent to an activating group) is 1. The quantitative estimate of drug-likeness (QED) is 0.720. The molecule has 0 spiro atoms. The van der Waals surface area contributed by atoms with Gasteiger partial charge in [-0.05, 0) is 46.7 Å². The van der Waals surface area contributed by atoms with Crippen molar-refractivity contribution < 1.29 is 9.53 Å². The fraction of sp³-hybridized carbons (Fsp3) is 0.923. The fourth-order valence-electron chi connectivity index (χ4n) is 2.60. The SMILES string of the molecule is CNC(C)(CC(C)N1CCCC(OC)C1)C(N)=O. The number of nitrogens with zero attached hydrogens (tertiary/aromatic N) is 1. The second-order valence-corrected chi connectivity index (χ2v) is 5.49. The topological polar surface area (TPSA) is 67.6 Å². The summed E-state index contributed by atoms with van der Waals surface area (Å²) >= 11 is 0. The predicted molar refractivity (Wildman–Crippen MR) is 72.3 cm³/mol. The number of hydrogen-bond donors (Lipinski definition) is 2.